The van der Waals surface area contributed by atoms with Gasteiger partial charge in [0.05, 0.1) is 0 Å². The fourth-order valence-electron chi connectivity index (χ4n) is 3.55. The summed E-state index contributed by atoms with van der Waals surface area (Å²) in [6, 6.07) is 10.1. The highest BCUT2D eigenvalue weighted by Crippen LogP contribution is 2.24. The van der Waals surface area contributed by atoms with Crippen LogP contribution in [0.3, 0.4) is 0 Å². The van der Waals surface area contributed by atoms with Crippen molar-refractivity contribution in [3.8, 4) is 0 Å². The second-order valence-corrected chi connectivity index (χ2v) is 6.26. The van der Waals surface area contributed by atoms with E-state index in [0.29, 0.717) is 12.1 Å². The lowest BCUT2D eigenvalue weighted by Crippen LogP contribution is -2.44. The van der Waals surface area contributed by atoms with Crippen LogP contribution >= 0.6 is 0 Å². The average molecular weight is 273 g/mol. The quantitative estimate of drug-likeness (QED) is 0.885. The second-order valence-electron chi connectivity index (χ2n) is 6.26. The maximum atomic E-state index is 3.84. The summed E-state index contributed by atoms with van der Waals surface area (Å²) in [6.07, 6.45) is 5.28. The van der Waals surface area contributed by atoms with Gasteiger partial charge >= 0.3 is 0 Å². The van der Waals surface area contributed by atoms with E-state index in [-0.39, 0.29) is 0 Å². The van der Waals surface area contributed by atoms with Crippen molar-refractivity contribution in [3.63, 3.8) is 0 Å². The number of hydrogen-bond acceptors (Lipinski definition) is 3. The standard InChI is InChI=1S/C17H27N3/c1-20-11-5-4-7-15(20)13-19-17-9-10-18-12-14-6-2-3-8-16(14)17/h2-3,6,8,15,17-19H,4-5,7,9-13H2,1H3. The maximum Gasteiger partial charge on any atom is 0.0336 e. The molecule has 2 aliphatic rings. The summed E-state index contributed by atoms with van der Waals surface area (Å²) in [4.78, 5) is 2.53. The normalized spacial score (nSPS) is 27.9. The SMILES string of the molecule is CN1CCCCC1CNC1CCNCc2ccccc21. The van der Waals surface area contributed by atoms with Crippen molar-refractivity contribution < 1.29 is 0 Å². The van der Waals surface area contributed by atoms with Gasteiger partial charge in [0.2, 0.25) is 0 Å². The van der Waals surface area contributed by atoms with Gasteiger partial charge < -0.3 is 15.5 Å². The molecule has 2 unspecified atom stereocenters. The van der Waals surface area contributed by atoms with Gasteiger partial charge in [-0.15, -0.1) is 0 Å². The van der Waals surface area contributed by atoms with E-state index in [0.717, 1.165) is 19.6 Å². The van der Waals surface area contributed by atoms with Gasteiger partial charge in [-0.1, -0.05) is 30.7 Å². The Morgan fingerprint density at radius 3 is 3.05 bits per heavy atom. The van der Waals surface area contributed by atoms with Crippen LogP contribution in [-0.2, 0) is 6.54 Å². The predicted octanol–water partition coefficient (Wildman–Crippen LogP) is 2.29. The van der Waals surface area contributed by atoms with Gasteiger partial charge in [-0.2, -0.15) is 0 Å². The molecule has 1 aromatic rings. The summed E-state index contributed by atoms with van der Waals surface area (Å²) < 4.78 is 0. The lowest BCUT2D eigenvalue weighted by molar-refractivity contribution is 0.177. The van der Waals surface area contributed by atoms with E-state index in [2.05, 4.69) is 46.8 Å². The average Bonchev–Trinajstić information content (AvgIpc) is 2.69. The lowest BCUT2D eigenvalue weighted by Gasteiger charge is -2.34. The molecule has 0 aromatic heterocycles. The molecule has 20 heavy (non-hydrogen) atoms. The van der Waals surface area contributed by atoms with Crippen LogP contribution in [0, 0.1) is 0 Å². The van der Waals surface area contributed by atoms with E-state index >= 15 is 0 Å². The number of nitrogens with zero attached hydrogens (tertiary/aromatic N) is 1. The summed E-state index contributed by atoms with van der Waals surface area (Å²) in [5.41, 5.74) is 2.95. The van der Waals surface area contributed by atoms with Crippen molar-refractivity contribution in [2.45, 2.75) is 44.3 Å². The Kier molecular flexibility index (Phi) is 4.71. The van der Waals surface area contributed by atoms with Gasteiger partial charge in [0.25, 0.3) is 0 Å². The van der Waals surface area contributed by atoms with Gasteiger partial charge in [-0.25, -0.2) is 0 Å². The van der Waals surface area contributed by atoms with E-state index in [9.17, 15) is 0 Å². The first kappa shape index (κ1) is 14.1. The molecule has 0 aliphatic carbocycles. The van der Waals surface area contributed by atoms with E-state index in [1.807, 2.05) is 0 Å². The van der Waals surface area contributed by atoms with Gasteiger partial charge in [-0.3, -0.25) is 0 Å². The van der Waals surface area contributed by atoms with E-state index in [1.165, 1.54) is 43.4 Å². The molecule has 0 radical (unpaired) electrons. The molecule has 0 bridgehead atoms. The number of likely N-dealkylation sites (N-methyl/N-ethyl adjacent to an activating group) is 1. The first-order valence-electron chi connectivity index (χ1n) is 8.07. The van der Waals surface area contributed by atoms with Crippen LogP contribution in [0.5, 0.6) is 0 Å². The number of piperidine rings is 1. The zero-order valence-corrected chi connectivity index (χ0v) is 12.6. The topological polar surface area (TPSA) is 27.3 Å². The summed E-state index contributed by atoms with van der Waals surface area (Å²) >= 11 is 0. The molecular formula is C17H27N3. The Balaban J connectivity index is 1.64. The zero-order valence-electron chi connectivity index (χ0n) is 12.6. The number of likely N-dealkylation sites (tertiary alicyclic amines) is 1. The minimum absolute atomic E-state index is 0.511. The molecule has 2 heterocycles. The summed E-state index contributed by atoms with van der Waals surface area (Å²) in [6.45, 7) is 4.50. The van der Waals surface area contributed by atoms with Gasteiger partial charge in [-0.05, 0) is 50.5 Å². The maximum absolute atomic E-state index is 3.84. The van der Waals surface area contributed by atoms with Crippen molar-refractivity contribution in [2.75, 3.05) is 26.7 Å². The molecular weight excluding hydrogens is 246 g/mol. The summed E-state index contributed by atoms with van der Waals surface area (Å²) in [5, 5.41) is 7.37. The summed E-state index contributed by atoms with van der Waals surface area (Å²) in [5.74, 6) is 0. The third-order valence-corrected chi connectivity index (χ3v) is 4.88. The zero-order chi connectivity index (χ0) is 13.8. The van der Waals surface area contributed by atoms with Crippen LogP contribution in [0.2, 0.25) is 0 Å². The molecule has 2 N–H and O–H groups in total. The fraction of sp³-hybridized carbons (Fsp3) is 0.647. The number of nitrogens with one attached hydrogen (secondary N) is 2. The molecule has 3 rings (SSSR count). The first-order chi connectivity index (χ1) is 9.84. The minimum Gasteiger partial charge on any atom is -0.313 e. The molecule has 0 amide bonds. The number of hydrogen-bond donors (Lipinski definition) is 2. The molecule has 1 saturated heterocycles. The smallest absolute Gasteiger partial charge is 0.0336 e. The van der Waals surface area contributed by atoms with Crippen molar-refractivity contribution in [1.82, 2.24) is 15.5 Å². The molecule has 0 spiro atoms. The van der Waals surface area contributed by atoms with Crippen LogP contribution in [0.25, 0.3) is 0 Å². The Morgan fingerprint density at radius 2 is 2.15 bits per heavy atom. The predicted molar refractivity (Wildman–Crippen MR) is 83.8 cm³/mol. The molecule has 1 fully saturated rings. The third-order valence-electron chi connectivity index (χ3n) is 4.88. The Morgan fingerprint density at radius 1 is 1.25 bits per heavy atom. The van der Waals surface area contributed by atoms with Crippen LogP contribution in [0.1, 0.15) is 42.9 Å². The van der Waals surface area contributed by atoms with Crippen LogP contribution in [0.4, 0.5) is 0 Å². The monoisotopic (exact) mass is 273 g/mol. The highest BCUT2D eigenvalue weighted by Gasteiger charge is 2.22. The molecule has 1 aromatic carbocycles. The van der Waals surface area contributed by atoms with E-state index in [1.54, 1.807) is 0 Å². The highest BCUT2D eigenvalue weighted by molar-refractivity contribution is 5.31. The molecule has 0 saturated carbocycles. The minimum atomic E-state index is 0.511. The number of rotatable bonds is 3. The van der Waals surface area contributed by atoms with Gasteiger partial charge in [0.15, 0.2) is 0 Å². The second kappa shape index (κ2) is 6.70. The molecule has 2 aliphatic heterocycles. The van der Waals surface area contributed by atoms with E-state index < -0.39 is 0 Å². The highest BCUT2D eigenvalue weighted by atomic mass is 15.2. The number of fused-ring (bicyclic) bond motifs is 1. The Bertz CT molecular complexity index is 432. The first-order valence-corrected chi connectivity index (χ1v) is 8.07. The van der Waals surface area contributed by atoms with Crippen molar-refractivity contribution >= 4 is 0 Å². The van der Waals surface area contributed by atoms with Gasteiger partial charge in [0, 0.05) is 25.2 Å². The Labute approximate surface area is 122 Å². The van der Waals surface area contributed by atoms with E-state index in [4.69, 9.17) is 0 Å². The fourth-order valence-corrected chi connectivity index (χ4v) is 3.55. The van der Waals surface area contributed by atoms with Crippen LogP contribution in [0.15, 0.2) is 24.3 Å². The van der Waals surface area contributed by atoms with Crippen molar-refractivity contribution in [2.24, 2.45) is 0 Å². The largest absolute Gasteiger partial charge is 0.313 e. The lowest BCUT2D eigenvalue weighted by atomic mass is 9.98. The molecule has 3 heteroatoms. The van der Waals surface area contributed by atoms with Crippen molar-refractivity contribution in [1.29, 1.82) is 0 Å². The van der Waals surface area contributed by atoms with Gasteiger partial charge in [0.1, 0.15) is 0 Å². The molecule has 110 valence electrons. The number of benzene rings is 1. The summed E-state index contributed by atoms with van der Waals surface area (Å²) in [7, 11) is 2.27. The van der Waals surface area contributed by atoms with Crippen molar-refractivity contribution in [3.05, 3.63) is 35.4 Å². The van der Waals surface area contributed by atoms with Crippen LogP contribution < -0.4 is 10.6 Å². The Hall–Kier alpha value is -0.900. The van der Waals surface area contributed by atoms with Crippen LogP contribution in [-0.4, -0.2) is 37.6 Å². The molecule has 2 atom stereocenters. The third kappa shape index (κ3) is 3.22. The molecule has 3 nitrogen and oxygen atoms in total.